The molecule has 1 aromatic heterocycles. The minimum absolute atomic E-state index is 0.0558. The number of nitrogens with zero attached hydrogens (tertiary/aromatic N) is 2. The maximum absolute atomic E-state index is 11.5. The van der Waals surface area contributed by atoms with Crippen LogP contribution in [0.5, 0.6) is 0 Å². The Labute approximate surface area is 118 Å². The first kappa shape index (κ1) is 16.0. The van der Waals surface area contributed by atoms with E-state index < -0.39 is 11.7 Å². The van der Waals surface area contributed by atoms with Crippen molar-refractivity contribution >= 4 is 12.1 Å². The number of hydrogen-bond donors (Lipinski definition) is 1. The molecule has 7 nitrogen and oxygen atoms in total. The molecule has 1 aromatic rings. The van der Waals surface area contributed by atoms with Crippen molar-refractivity contribution in [2.45, 2.75) is 46.4 Å². The largest absolute Gasteiger partial charge is 0.465 e. The van der Waals surface area contributed by atoms with E-state index >= 15 is 0 Å². The van der Waals surface area contributed by atoms with E-state index in [2.05, 4.69) is 10.4 Å². The minimum atomic E-state index is -0.530. The molecular weight excluding hydrogens is 262 g/mol. The summed E-state index contributed by atoms with van der Waals surface area (Å²) < 4.78 is 11.4. The van der Waals surface area contributed by atoms with Gasteiger partial charge in [0.2, 0.25) is 0 Å². The highest BCUT2D eigenvalue weighted by Gasteiger charge is 2.15. The molecule has 0 aliphatic rings. The van der Waals surface area contributed by atoms with E-state index in [-0.39, 0.29) is 19.1 Å². The lowest BCUT2D eigenvalue weighted by atomic mass is 10.2. The van der Waals surface area contributed by atoms with E-state index in [0.29, 0.717) is 6.61 Å². The highest BCUT2D eigenvalue weighted by molar-refractivity contribution is 5.69. The number of aromatic nitrogens is 2. The predicted octanol–water partition coefficient (Wildman–Crippen LogP) is 1.47. The number of carbonyl (C=O) groups excluding carboxylic acids is 2. The van der Waals surface area contributed by atoms with E-state index in [9.17, 15) is 9.59 Å². The van der Waals surface area contributed by atoms with Gasteiger partial charge >= 0.3 is 12.1 Å². The number of esters is 1. The van der Waals surface area contributed by atoms with Crippen LogP contribution in [-0.2, 0) is 27.4 Å². The average Bonchev–Trinajstić information content (AvgIpc) is 2.72. The van der Waals surface area contributed by atoms with Crippen molar-refractivity contribution in [2.75, 3.05) is 6.61 Å². The summed E-state index contributed by atoms with van der Waals surface area (Å²) in [6, 6.07) is 0. The van der Waals surface area contributed by atoms with Crippen LogP contribution in [0.15, 0.2) is 12.4 Å². The summed E-state index contributed by atoms with van der Waals surface area (Å²) in [6.07, 6.45) is 2.76. The molecule has 1 N–H and O–H groups in total. The number of hydrogen-bond acceptors (Lipinski definition) is 5. The number of amides is 1. The van der Waals surface area contributed by atoms with Gasteiger partial charge in [0.05, 0.1) is 12.8 Å². The molecule has 0 bridgehead atoms. The van der Waals surface area contributed by atoms with Gasteiger partial charge in [-0.3, -0.25) is 9.48 Å². The fourth-order valence-electron chi connectivity index (χ4n) is 1.41. The van der Waals surface area contributed by atoms with E-state index in [0.717, 1.165) is 5.56 Å². The lowest BCUT2D eigenvalue weighted by Gasteiger charge is -2.19. The molecule has 20 heavy (non-hydrogen) atoms. The molecule has 0 spiro atoms. The van der Waals surface area contributed by atoms with Gasteiger partial charge in [0.1, 0.15) is 12.1 Å². The molecule has 112 valence electrons. The number of ether oxygens (including phenoxy) is 2. The van der Waals surface area contributed by atoms with Gasteiger partial charge in [0, 0.05) is 18.3 Å². The second kappa shape index (κ2) is 6.93. The van der Waals surface area contributed by atoms with Crippen LogP contribution in [0.25, 0.3) is 0 Å². The topological polar surface area (TPSA) is 82.5 Å². The van der Waals surface area contributed by atoms with Crippen LogP contribution in [0.3, 0.4) is 0 Å². The Bertz CT molecular complexity index is 462. The van der Waals surface area contributed by atoms with Gasteiger partial charge in [0.15, 0.2) is 0 Å². The van der Waals surface area contributed by atoms with Crippen molar-refractivity contribution in [1.29, 1.82) is 0 Å². The van der Waals surface area contributed by atoms with Crippen molar-refractivity contribution in [3.63, 3.8) is 0 Å². The molecule has 1 rings (SSSR count). The van der Waals surface area contributed by atoms with Gasteiger partial charge < -0.3 is 14.8 Å². The third-order valence-electron chi connectivity index (χ3n) is 2.12. The van der Waals surface area contributed by atoms with E-state index in [4.69, 9.17) is 9.47 Å². The Kier molecular flexibility index (Phi) is 5.54. The minimum Gasteiger partial charge on any atom is -0.465 e. The van der Waals surface area contributed by atoms with Gasteiger partial charge in [-0.25, -0.2) is 4.79 Å². The third-order valence-corrected chi connectivity index (χ3v) is 2.12. The zero-order valence-corrected chi connectivity index (χ0v) is 12.3. The molecule has 0 atom stereocenters. The first-order valence-corrected chi connectivity index (χ1v) is 6.44. The molecule has 1 heterocycles. The van der Waals surface area contributed by atoms with Gasteiger partial charge in [-0.1, -0.05) is 0 Å². The van der Waals surface area contributed by atoms with Crippen LogP contribution in [-0.4, -0.2) is 34.1 Å². The van der Waals surface area contributed by atoms with Gasteiger partial charge in [-0.2, -0.15) is 5.10 Å². The summed E-state index contributed by atoms with van der Waals surface area (Å²) in [5.74, 6) is -0.345. The molecule has 0 saturated heterocycles. The second-order valence-electron chi connectivity index (χ2n) is 5.21. The first-order valence-electron chi connectivity index (χ1n) is 6.44. The number of alkyl carbamates (subject to hydrolysis) is 1. The standard InChI is InChI=1S/C13H21N3O4/c1-5-19-11(17)9-16-8-10(7-15-16)6-14-12(18)20-13(2,3)4/h7-8H,5-6,9H2,1-4H3,(H,14,18). The van der Waals surface area contributed by atoms with Crippen LogP contribution >= 0.6 is 0 Å². The molecule has 0 aliphatic heterocycles. The zero-order chi connectivity index (χ0) is 15.2. The van der Waals surface area contributed by atoms with E-state index in [1.165, 1.54) is 4.68 Å². The van der Waals surface area contributed by atoms with Gasteiger partial charge in [0.25, 0.3) is 0 Å². The molecule has 0 unspecified atom stereocenters. The van der Waals surface area contributed by atoms with Crippen molar-refractivity contribution in [3.8, 4) is 0 Å². The summed E-state index contributed by atoms with van der Waals surface area (Å²) in [7, 11) is 0. The highest BCUT2D eigenvalue weighted by Crippen LogP contribution is 2.07. The smallest absolute Gasteiger partial charge is 0.407 e. The Morgan fingerprint density at radius 3 is 2.70 bits per heavy atom. The Morgan fingerprint density at radius 2 is 2.10 bits per heavy atom. The highest BCUT2D eigenvalue weighted by atomic mass is 16.6. The fourth-order valence-corrected chi connectivity index (χ4v) is 1.41. The number of rotatable bonds is 5. The lowest BCUT2D eigenvalue weighted by molar-refractivity contribution is -0.144. The predicted molar refractivity (Wildman–Crippen MR) is 71.9 cm³/mol. The molecule has 0 fully saturated rings. The summed E-state index contributed by atoms with van der Waals surface area (Å²) in [6.45, 7) is 7.82. The van der Waals surface area contributed by atoms with Gasteiger partial charge in [-0.15, -0.1) is 0 Å². The maximum Gasteiger partial charge on any atom is 0.407 e. The van der Waals surface area contributed by atoms with Crippen molar-refractivity contribution in [2.24, 2.45) is 0 Å². The molecule has 7 heteroatoms. The Balaban J connectivity index is 2.41. The average molecular weight is 283 g/mol. The monoisotopic (exact) mass is 283 g/mol. The van der Waals surface area contributed by atoms with Crippen LogP contribution in [0.4, 0.5) is 4.79 Å². The van der Waals surface area contributed by atoms with Crippen molar-refractivity contribution in [1.82, 2.24) is 15.1 Å². The molecule has 0 saturated carbocycles. The van der Waals surface area contributed by atoms with Crippen LogP contribution < -0.4 is 5.32 Å². The Hall–Kier alpha value is -2.05. The first-order chi connectivity index (χ1) is 9.30. The van der Waals surface area contributed by atoms with Gasteiger partial charge in [-0.05, 0) is 27.7 Å². The van der Waals surface area contributed by atoms with E-state index in [1.807, 2.05) is 0 Å². The molecule has 1 amide bonds. The lowest BCUT2D eigenvalue weighted by Crippen LogP contribution is -2.32. The normalized spacial score (nSPS) is 11.0. The SMILES string of the molecule is CCOC(=O)Cn1cc(CNC(=O)OC(C)(C)C)cn1. The maximum atomic E-state index is 11.5. The summed E-state index contributed by atoms with van der Waals surface area (Å²) >= 11 is 0. The van der Waals surface area contributed by atoms with Crippen LogP contribution in [0.2, 0.25) is 0 Å². The number of carbonyl (C=O) groups is 2. The molecule has 0 radical (unpaired) electrons. The van der Waals surface area contributed by atoms with Crippen LogP contribution in [0.1, 0.15) is 33.3 Å². The quantitative estimate of drug-likeness (QED) is 0.827. The fraction of sp³-hybridized carbons (Fsp3) is 0.615. The van der Waals surface area contributed by atoms with Crippen LogP contribution in [0, 0.1) is 0 Å². The van der Waals surface area contributed by atoms with Crippen molar-refractivity contribution < 1.29 is 19.1 Å². The summed E-state index contributed by atoms with van der Waals surface area (Å²) in [4.78, 5) is 22.7. The summed E-state index contributed by atoms with van der Waals surface area (Å²) in [5.41, 5.74) is 0.248. The second-order valence-corrected chi connectivity index (χ2v) is 5.21. The van der Waals surface area contributed by atoms with E-state index in [1.54, 1.807) is 40.1 Å². The molecular formula is C13H21N3O4. The van der Waals surface area contributed by atoms with Crippen molar-refractivity contribution in [3.05, 3.63) is 18.0 Å². The Morgan fingerprint density at radius 1 is 1.40 bits per heavy atom. The zero-order valence-electron chi connectivity index (χ0n) is 12.3. The number of nitrogens with one attached hydrogen (secondary N) is 1. The third kappa shape index (κ3) is 6.21. The summed E-state index contributed by atoms with van der Waals surface area (Å²) in [5, 5.41) is 6.63. The molecule has 0 aliphatic carbocycles. The molecule has 0 aromatic carbocycles.